The van der Waals surface area contributed by atoms with Crippen LogP contribution in [0.4, 0.5) is 21.6 Å². The third kappa shape index (κ3) is 11.4. The lowest BCUT2D eigenvalue weighted by molar-refractivity contribution is -0.751. The fourth-order valence-corrected chi connectivity index (χ4v) is 13.6. The number of nitrogens with one attached hydrogen (secondary N) is 4. The van der Waals surface area contributed by atoms with E-state index in [0.717, 1.165) is 114 Å². The normalized spacial score (nSPS) is 21.8. The van der Waals surface area contributed by atoms with Crippen LogP contribution in [0.5, 0.6) is 17.2 Å². The average Bonchev–Trinajstić information content (AvgIpc) is 4.21. The molecular weight excluding hydrogens is 996 g/mol. The number of methoxy groups -OCH3 is 1. The van der Waals surface area contributed by atoms with E-state index in [2.05, 4.69) is 90.8 Å². The lowest BCUT2D eigenvalue weighted by Gasteiger charge is -2.58. The molecule has 16 nitrogen and oxygen atoms in total. The van der Waals surface area contributed by atoms with E-state index in [1.807, 2.05) is 12.3 Å². The van der Waals surface area contributed by atoms with E-state index in [4.69, 9.17) is 14.5 Å². The fourth-order valence-electron chi connectivity index (χ4n) is 12.7. The summed E-state index contributed by atoms with van der Waals surface area (Å²) in [6.45, 7) is 12.7. The molecule has 0 radical (unpaired) electrons. The minimum absolute atomic E-state index is 0.0572. The lowest BCUT2D eigenvalue weighted by atomic mass is 9.59. The number of anilines is 2. The van der Waals surface area contributed by atoms with Gasteiger partial charge in [0.05, 0.1) is 43.2 Å². The number of benzene rings is 2. The molecule has 0 bridgehead atoms. The maximum absolute atomic E-state index is 14.8. The van der Waals surface area contributed by atoms with Gasteiger partial charge in [0.15, 0.2) is 11.5 Å². The number of fused-ring (bicyclic) bond motifs is 1. The topological polar surface area (TPSA) is 185 Å². The molecule has 4 aromatic heterocycles. The number of carbonyl (C=O) groups is 1. The molecule has 3 saturated carbocycles. The van der Waals surface area contributed by atoms with Gasteiger partial charge in [0, 0.05) is 99.7 Å². The number of piperidine rings is 1. The zero-order chi connectivity index (χ0) is 53.6. The molecule has 1 spiro atoms. The van der Waals surface area contributed by atoms with Crippen LogP contribution in [0.15, 0.2) is 90.3 Å². The van der Waals surface area contributed by atoms with Crippen molar-refractivity contribution in [3.63, 3.8) is 0 Å². The van der Waals surface area contributed by atoms with Crippen LogP contribution in [-0.2, 0) is 16.6 Å². The highest BCUT2D eigenvalue weighted by Gasteiger charge is 2.50. The smallest absolute Gasteiger partial charge is 0.268 e. The Balaban J connectivity index is 0.784. The second kappa shape index (κ2) is 21.9. The molecule has 2 atom stereocenters. The van der Waals surface area contributed by atoms with Gasteiger partial charge in [-0.05, 0) is 110 Å². The van der Waals surface area contributed by atoms with Gasteiger partial charge >= 0.3 is 0 Å². The minimum atomic E-state index is -4.52. The van der Waals surface area contributed by atoms with Gasteiger partial charge in [0.2, 0.25) is 0 Å². The van der Waals surface area contributed by atoms with Crippen LogP contribution in [0.2, 0.25) is 0 Å². The second-order valence-electron chi connectivity index (χ2n) is 23.1. The van der Waals surface area contributed by atoms with Crippen LogP contribution >= 0.6 is 0 Å². The molecule has 5 fully saturated rings. The molecule has 2 saturated heterocycles. The first-order valence-corrected chi connectivity index (χ1v) is 29.2. The monoisotopic (exact) mass is 1070 g/mol. The lowest BCUT2D eigenvalue weighted by Crippen LogP contribution is -2.98. The number of aromatic amines is 1. The molecular formula is C59H73FN10O6S. The average molecular weight is 1070 g/mol. The summed E-state index contributed by atoms with van der Waals surface area (Å²) >= 11 is 0. The highest BCUT2D eigenvalue weighted by Crippen LogP contribution is 2.54. The number of hydrogen-bond acceptors (Lipinski definition) is 13. The van der Waals surface area contributed by atoms with E-state index in [0.29, 0.717) is 47.7 Å². The number of quaternary nitrogens is 1. The fraction of sp³-hybridized carbons (Fsp3) is 0.492. The molecule has 4 N–H and O–H groups in total. The first-order chi connectivity index (χ1) is 37.1. The highest BCUT2D eigenvalue weighted by atomic mass is 32.2. The standard InChI is InChI=1S/C59H73FN10O6S/c1-37(2)46-8-6-7-9-47(46)53-36-68(35-41-24-54(75-5)50(33-61-41)40-14-15-40)22-23-70(53)43-28-59(29-43)18-20-69(21-19-59)42-16-17-48(55(25-42)76-44-26-49-51(60)34-65-56(49)63-31-44)58(71)66-77(73,74)45-27-52(67(4)72)57(64-32-45)62-30-39-12-10-38(3)11-13-39/h6-9,16-17,24-27,31-34,37-40,43,53,67H,10-15,18-23,28-30,35-36H2,1-5H3,(H,62,64)(H,63,65)(H,66,71). The molecule has 18 heteroatoms. The Kier molecular flexibility index (Phi) is 15.0. The van der Waals surface area contributed by atoms with Crippen molar-refractivity contribution in [3.8, 4) is 17.2 Å². The first kappa shape index (κ1) is 52.9. The van der Waals surface area contributed by atoms with Gasteiger partial charge in [0.1, 0.15) is 33.6 Å². The molecule has 2 unspecified atom stereocenters. The SMILES string of the molecule is COc1cc(CN2CCN(C3CC4(CCN(c5ccc(C(=O)NS(=O)(=O)c6cnc(NCC7CCC(C)CC7)c([NH+](C)[O-])c6)c(Oc6cnc7[nH]cc(F)c7c6)c5)CC4)C3)C(c3ccccc3C(C)C)C2)ncc1C1CC1. The second-order valence-corrected chi connectivity index (χ2v) is 24.7. The Labute approximate surface area is 451 Å². The first-order valence-electron chi connectivity index (χ1n) is 27.7. The van der Waals surface area contributed by atoms with E-state index in [1.165, 1.54) is 61.1 Å². The molecule has 1 amide bonds. The van der Waals surface area contributed by atoms with Crippen molar-refractivity contribution in [2.24, 2.45) is 17.3 Å². The number of carbonyl (C=O) groups excluding carboxylic acids is 1. The minimum Gasteiger partial charge on any atom is -0.629 e. The van der Waals surface area contributed by atoms with Crippen LogP contribution in [0.3, 0.4) is 0 Å². The van der Waals surface area contributed by atoms with Gasteiger partial charge in [-0.2, -0.15) is 0 Å². The number of hydrogen-bond donors (Lipinski definition) is 4. The highest BCUT2D eigenvalue weighted by molar-refractivity contribution is 7.90. The number of H-pyrrole nitrogens is 1. The summed E-state index contributed by atoms with van der Waals surface area (Å²) in [6, 6.07) is 19.7. The summed E-state index contributed by atoms with van der Waals surface area (Å²) in [5.74, 6) is 2.15. The van der Waals surface area contributed by atoms with Crippen LogP contribution < -0.4 is 29.5 Å². The number of sulfonamides is 1. The van der Waals surface area contributed by atoms with E-state index in [9.17, 15) is 22.8 Å². The molecule has 2 aromatic carbocycles. The largest absolute Gasteiger partial charge is 0.629 e. The van der Waals surface area contributed by atoms with Gasteiger partial charge in [-0.15, -0.1) is 0 Å². The number of rotatable bonds is 17. The molecule has 408 valence electrons. The summed E-state index contributed by atoms with van der Waals surface area (Å²) in [5, 5.41) is 16.0. The molecule has 6 heterocycles. The third-order valence-corrected chi connectivity index (χ3v) is 18.7. The van der Waals surface area contributed by atoms with E-state index < -0.39 is 21.7 Å². The molecule has 2 aliphatic heterocycles. The van der Waals surface area contributed by atoms with Crippen molar-refractivity contribution in [3.05, 3.63) is 124 Å². The van der Waals surface area contributed by atoms with Crippen molar-refractivity contribution < 1.29 is 32.1 Å². The zero-order valence-corrected chi connectivity index (χ0v) is 45.8. The van der Waals surface area contributed by atoms with Gasteiger partial charge in [0.25, 0.3) is 15.9 Å². The summed E-state index contributed by atoms with van der Waals surface area (Å²) in [4.78, 5) is 37.9. The summed E-state index contributed by atoms with van der Waals surface area (Å²) in [7, 11) is -1.40. The van der Waals surface area contributed by atoms with Crippen LogP contribution in [0.1, 0.15) is 136 Å². The van der Waals surface area contributed by atoms with Crippen LogP contribution in [0.25, 0.3) is 11.0 Å². The molecule has 11 rings (SSSR count). The predicted octanol–water partition coefficient (Wildman–Crippen LogP) is 9.60. The number of nitrogens with zero attached hydrogens (tertiary/aromatic N) is 6. The Morgan fingerprint density at radius 3 is 2.44 bits per heavy atom. The Bertz CT molecular complexity index is 3220. The quantitative estimate of drug-likeness (QED) is 0.0634. The number of halogens is 1. The zero-order valence-electron chi connectivity index (χ0n) is 45.0. The van der Waals surface area contributed by atoms with Crippen molar-refractivity contribution in [1.82, 2.24) is 34.5 Å². The molecule has 3 aliphatic carbocycles. The van der Waals surface area contributed by atoms with E-state index >= 15 is 0 Å². The van der Waals surface area contributed by atoms with Gasteiger partial charge in [-0.1, -0.05) is 57.9 Å². The van der Waals surface area contributed by atoms with Crippen molar-refractivity contribution in [2.45, 2.75) is 120 Å². The number of pyridine rings is 3. The number of aromatic nitrogens is 4. The van der Waals surface area contributed by atoms with Gasteiger partial charge < -0.3 is 34.9 Å². The Hall–Kier alpha value is -6.18. The van der Waals surface area contributed by atoms with E-state index in [-0.39, 0.29) is 49.6 Å². The maximum Gasteiger partial charge on any atom is 0.268 e. The number of hydroxylamine groups is 1. The number of ether oxygens (including phenoxy) is 2. The molecule has 6 aromatic rings. The van der Waals surface area contributed by atoms with Gasteiger partial charge in [-0.3, -0.25) is 19.6 Å². The Morgan fingerprint density at radius 1 is 0.922 bits per heavy atom. The third-order valence-electron chi connectivity index (χ3n) is 17.4. The van der Waals surface area contributed by atoms with Gasteiger partial charge in [-0.25, -0.2) is 27.5 Å². The van der Waals surface area contributed by atoms with Crippen molar-refractivity contribution >= 4 is 44.2 Å². The number of amides is 1. The predicted molar refractivity (Wildman–Crippen MR) is 296 cm³/mol. The summed E-state index contributed by atoms with van der Waals surface area (Å²) in [5.41, 5.74) is 6.51. The maximum atomic E-state index is 14.8. The summed E-state index contributed by atoms with van der Waals surface area (Å²) in [6.07, 6.45) is 16.9. The van der Waals surface area contributed by atoms with E-state index in [1.54, 1.807) is 19.2 Å². The van der Waals surface area contributed by atoms with Crippen LogP contribution in [-0.4, -0.2) is 104 Å². The van der Waals surface area contributed by atoms with Crippen molar-refractivity contribution in [1.29, 1.82) is 0 Å². The summed E-state index contributed by atoms with van der Waals surface area (Å²) < 4.78 is 57.0. The molecule has 5 aliphatic rings. The van der Waals surface area contributed by atoms with Crippen LogP contribution in [0, 0.1) is 28.3 Å². The van der Waals surface area contributed by atoms with Crippen molar-refractivity contribution in [2.75, 3.05) is 63.6 Å². The Morgan fingerprint density at radius 2 is 1.70 bits per heavy atom. The molecule has 77 heavy (non-hydrogen) atoms. The number of piperazine rings is 1.